The average molecular weight is 545 g/mol. The molecule has 0 fully saturated rings. The van der Waals surface area contributed by atoms with Crippen molar-refractivity contribution in [3.63, 3.8) is 0 Å². The van der Waals surface area contributed by atoms with Gasteiger partial charge in [0.1, 0.15) is 21.8 Å². The number of pyridine rings is 1. The number of amides is 2. The van der Waals surface area contributed by atoms with E-state index in [-0.39, 0.29) is 11.4 Å². The fourth-order valence-corrected chi connectivity index (χ4v) is 5.53. The summed E-state index contributed by atoms with van der Waals surface area (Å²) in [6, 6.07) is 5.71. The number of aryl methyl sites for hydroxylation is 1. The minimum atomic E-state index is -0.737. The third-order valence-corrected chi connectivity index (χ3v) is 6.83. The fourth-order valence-electron chi connectivity index (χ4n) is 4.08. The Morgan fingerprint density at radius 1 is 1.21 bits per heavy atom. The van der Waals surface area contributed by atoms with Gasteiger partial charge in [0, 0.05) is 10.9 Å². The van der Waals surface area contributed by atoms with Crippen molar-refractivity contribution in [1.82, 2.24) is 9.55 Å². The van der Waals surface area contributed by atoms with E-state index < -0.39 is 17.6 Å². The zero-order valence-electron chi connectivity index (χ0n) is 19.7. The molecule has 3 N–H and O–H groups in total. The molecule has 0 aliphatic carbocycles. The van der Waals surface area contributed by atoms with Crippen LogP contribution in [-0.4, -0.2) is 34.3 Å². The first-order chi connectivity index (χ1) is 15.9. The molecule has 4 aromatic rings. The Balaban J connectivity index is 2.20. The highest BCUT2D eigenvalue weighted by Gasteiger charge is 2.30. The molecule has 0 aliphatic heterocycles. The van der Waals surface area contributed by atoms with Gasteiger partial charge in [0.15, 0.2) is 0 Å². The smallest absolute Gasteiger partial charge is 0.413 e. The third-order valence-electron chi connectivity index (χ3n) is 5.35. The van der Waals surface area contributed by atoms with Gasteiger partial charge in [0.05, 0.1) is 34.1 Å². The zero-order valence-corrected chi connectivity index (χ0v) is 22.1. The maximum Gasteiger partial charge on any atom is 0.413 e. The molecule has 34 heavy (non-hydrogen) atoms. The molecule has 8 nitrogen and oxygen atoms in total. The van der Waals surface area contributed by atoms with Crippen LogP contribution in [0.5, 0.6) is 5.75 Å². The quantitative estimate of drug-likeness (QED) is 0.303. The summed E-state index contributed by atoms with van der Waals surface area (Å²) in [6.07, 6.45) is -0.705. The summed E-state index contributed by atoms with van der Waals surface area (Å²) in [5, 5.41) is 5.23. The Morgan fingerprint density at radius 3 is 2.53 bits per heavy atom. The van der Waals surface area contributed by atoms with Crippen LogP contribution in [0.2, 0.25) is 0 Å². The molecule has 178 valence electrons. The number of ether oxygens (including phenoxy) is 2. The number of benzene rings is 1. The first kappa shape index (κ1) is 24.0. The number of methoxy groups -OCH3 is 1. The average Bonchev–Trinajstić information content (AvgIpc) is 3.30. The lowest BCUT2D eigenvalue weighted by molar-refractivity contribution is 0.0635. The standard InChI is InChI=1S/C24H25BrN4O4S/c1-11-7-8-14(32-6)12(2)17(11)29-18-15(20(25)27-13-9-10-34-19(13)18)16(21(26)30)22(29)28-23(31)33-24(3,4)5/h7-10H,1-6H3,(H2,26,30)(H,28,31). The van der Waals surface area contributed by atoms with Crippen molar-refractivity contribution >= 4 is 66.2 Å². The monoisotopic (exact) mass is 544 g/mol. The van der Waals surface area contributed by atoms with Crippen LogP contribution < -0.4 is 15.8 Å². The Labute approximate surface area is 209 Å². The topological polar surface area (TPSA) is 108 Å². The Morgan fingerprint density at radius 2 is 1.91 bits per heavy atom. The van der Waals surface area contributed by atoms with E-state index in [1.165, 1.54) is 11.3 Å². The number of aromatic nitrogens is 2. The number of anilines is 1. The number of thiophene rings is 1. The van der Waals surface area contributed by atoms with Crippen LogP contribution in [0.15, 0.2) is 28.2 Å². The first-order valence-corrected chi connectivity index (χ1v) is 12.2. The number of rotatable bonds is 4. The van der Waals surface area contributed by atoms with Gasteiger partial charge in [0.2, 0.25) is 0 Å². The number of carbonyl (C=O) groups is 2. The number of hydrogen-bond donors (Lipinski definition) is 2. The van der Waals surface area contributed by atoms with Crippen LogP contribution in [0, 0.1) is 13.8 Å². The molecule has 0 radical (unpaired) electrons. The van der Waals surface area contributed by atoms with E-state index in [0.717, 1.165) is 27.0 Å². The predicted octanol–water partition coefficient (Wildman–Crippen LogP) is 6.07. The molecule has 3 heterocycles. The number of nitrogens with zero attached hydrogens (tertiary/aromatic N) is 2. The summed E-state index contributed by atoms with van der Waals surface area (Å²) in [5.41, 5.74) is 9.24. The largest absolute Gasteiger partial charge is 0.496 e. The van der Waals surface area contributed by atoms with Crippen LogP contribution in [0.1, 0.15) is 42.3 Å². The SMILES string of the molecule is COc1ccc(C)c(-n2c(NC(=O)OC(C)(C)C)c(C(N)=O)c3c(Br)nc4ccsc4c32)c1C. The van der Waals surface area contributed by atoms with Gasteiger partial charge in [-0.25, -0.2) is 9.78 Å². The molecule has 10 heteroatoms. The fraction of sp³-hybridized carbons (Fsp3) is 0.292. The molecular weight excluding hydrogens is 520 g/mol. The second-order valence-corrected chi connectivity index (χ2v) is 10.5. The van der Waals surface area contributed by atoms with Crippen molar-refractivity contribution in [2.24, 2.45) is 5.73 Å². The van der Waals surface area contributed by atoms with Gasteiger partial charge in [-0.15, -0.1) is 11.3 Å². The number of nitrogens with one attached hydrogen (secondary N) is 1. The summed E-state index contributed by atoms with van der Waals surface area (Å²) >= 11 is 5.01. The molecule has 0 saturated heterocycles. The number of primary amides is 1. The number of hydrogen-bond acceptors (Lipinski definition) is 6. The number of nitrogens with two attached hydrogens (primary N) is 1. The molecule has 0 unspecified atom stereocenters. The first-order valence-electron chi connectivity index (χ1n) is 10.5. The lowest BCUT2D eigenvalue weighted by Gasteiger charge is -2.22. The van der Waals surface area contributed by atoms with Gasteiger partial charge in [0.25, 0.3) is 5.91 Å². The van der Waals surface area contributed by atoms with E-state index in [1.54, 1.807) is 27.9 Å². The van der Waals surface area contributed by atoms with E-state index >= 15 is 0 Å². The van der Waals surface area contributed by atoms with Crippen LogP contribution >= 0.6 is 27.3 Å². The highest BCUT2D eigenvalue weighted by molar-refractivity contribution is 9.10. The second kappa shape index (κ2) is 8.59. The summed E-state index contributed by atoms with van der Waals surface area (Å²) in [4.78, 5) is 30.3. The van der Waals surface area contributed by atoms with Crippen molar-refractivity contribution < 1.29 is 19.1 Å². The van der Waals surface area contributed by atoms with Crippen LogP contribution in [0.3, 0.4) is 0 Å². The van der Waals surface area contributed by atoms with Gasteiger partial charge in [-0.3, -0.25) is 14.7 Å². The zero-order chi connectivity index (χ0) is 24.9. The second-order valence-electron chi connectivity index (χ2n) is 8.87. The van der Waals surface area contributed by atoms with Gasteiger partial charge in [-0.2, -0.15) is 0 Å². The van der Waals surface area contributed by atoms with Crippen LogP contribution in [0.25, 0.3) is 26.8 Å². The molecule has 0 aliphatic rings. The van der Waals surface area contributed by atoms with Crippen molar-refractivity contribution in [3.8, 4) is 11.4 Å². The Bertz CT molecular complexity index is 1470. The summed E-state index contributed by atoms with van der Waals surface area (Å²) in [5.74, 6) is 0.174. The number of halogens is 1. The maximum atomic E-state index is 12.9. The van der Waals surface area contributed by atoms with E-state index in [4.69, 9.17) is 15.2 Å². The third kappa shape index (κ3) is 4.01. The van der Waals surface area contributed by atoms with Crippen molar-refractivity contribution in [1.29, 1.82) is 0 Å². The minimum absolute atomic E-state index is 0.136. The van der Waals surface area contributed by atoms with Crippen LogP contribution in [-0.2, 0) is 4.74 Å². The van der Waals surface area contributed by atoms with Crippen LogP contribution in [0.4, 0.5) is 10.6 Å². The van der Waals surface area contributed by atoms with Crippen molar-refractivity contribution in [3.05, 3.63) is 44.9 Å². The van der Waals surface area contributed by atoms with Gasteiger partial charge >= 0.3 is 6.09 Å². The lowest BCUT2D eigenvalue weighted by atomic mass is 10.1. The normalized spacial score (nSPS) is 11.7. The Hall–Kier alpha value is -3.11. The number of fused-ring (bicyclic) bond motifs is 3. The van der Waals surface area contributed by atoms with Crippen molar-refractivity contribution in [2.75, 3.05) is 12.4 Å². The summed E-state index contributed by atoms with van der Waals surface area (Å²) in [6.45, 7) is 9.18. The van der Waals surface area contributed by atoms with Gasteiger partial charge in [-0.05, 0) is 73.6 Å². The molecule has 4 rings (SSSR count). The van der Waals surface area contributed by atoms with Gasteiger partial charge in [-0.1, -0.05) is 6.07 Å². The molecule has 0 spiro atoms. The molecule has 3 aromatic heterocycles. The molecule has 0 bridgehead atoms. The lowest BCUT2D eigenvalue weighted by Crippen LogP contribution is -2.29. The highest BCUT2D eigenvalue weighted by Crippen LogP contribution is 2.44. The van der Waals surface area contributed by atoms with Crippen molar-refractivity contribution in [2.45, 2.75) is 40.2 Å². The van der Waals surface area contributed by atoms with E-state index in [0.29, 0.717) is 21.3 Å². The number of carbonyl (C=O) groups excluding carboxylic acids is 2. The predicted molar refractivity (Wildman–Crippen MR) is 139 cm³/mol. The molecule has 2 amide bonds. The molecule has 0 saturated carbocycles. The summed E-state index contributed by atoms with van der Waals surface area (Å²) < 4.78 is 14.2. The summed E-state index contributed by atoms with van der Waals surface area (Å²) in [7, 11) is 1.60. The Kier molecular flexibility index (Phi) is 6.07. The van der Waals surface area contributed by atoms with E-state index in [2.05, 4.69) is 26.2 Å². The highest BCUT2D eigenvalue weighted by atomic mass is 79.9. The maximum absolute atomic E-state index is 12.9. The molecule has 0 atom stereocenters. The molecule has 1 aromatic carbocycles. The van der Waals surface area contributed by atoms with Gasteiger partial charge < -0.3 is 15.2 Å². The van der Waals surface area contributed by atoms with E-state index in [9.17, 15) is 9.59 Å². The minimum Gasteiger partial charge on any atom is -0.496 e. The van der Waals surface area contributed by atoms with E-state index in [1.807, 2.05) is 42.0 Å². The molecular formula is C24H25BrN4O4S.